The third-order valence-corrected chi connectivity index (χ3v) is 2.90. The molecule has 84 valence electrons. The van der Waals surface area contributed by atoms with E-state index in [1.165, 1.54) is 0 Å². The summed E-state index contributed by atoms with van der Waals surface area (Å²) in [5.74, 6) is 0.00241. The van der Waals surface area contributed by atoms with Crippen molar-refractivity contribution in [3.63, 3.8) is 0 Å². The molecule has 0 bridgehead atoms. The van der Waals surface area contributed by atoms with Gasteiger partial charge in [-0.05, 0) is 18.9 Å². The van der Waals surface area contributed by atoms with Crippen LogP contribution < -0.4 is 5.43 Å². The van der Waals surface area contributed by atoms with Crippen LogP contribution >= 0.6 is 0 Å². The second kappa shape index (κ2) is 4.49. The highest BCUT2D eigenvalue weighted by atomic mass is 16.2. The predicted octanol–water partition coefficient (Wildman–Crippen LogP) is 2.04. The maximum Gasteiger partial charge on any atom is 0.263 e. The molecule has 1 amide bonds. The van der Waals surface area contributed by atoms with Crippen molar-refractivity contribution in [1.29, 1.82) is 0 Å². The number of carbonyl (C=O) groups is 1. The fourth-order valence-corrected chi connectivity index (χ4v) is 1.87. The van der Waals surface area contributed by atoms with Crippen LogP contribution in [0.4, 0.5) is 0 Å². The van der Waals surface area contributed by atoms with Gasteiger partial charge < -0.3 is 0 Å². The smallest absolute Gasteiger partial charge is 0.263 e. The molecule has 1 atom stereocenters. The number of carbonyl (C=O) groups excluding carboxylic acids is 1. The summed E-state index contributed by atoms with van der Waals surface area (Å²) < 4.78 is 0. The zero-order valence-corrected chi connectivity index (χ0v) is 9.44. The third kappa shape index (κ3) is 1.99. The second-order valence-electron chi connectivity index (χ2n) is 4.02. The monoisotopic (exact) mass is 216 g/mol. The Morgan fingerprint density at radius 3 is 2.75 bits per heavy atom. The molecule has 1 aromatic carbocycles. The summed E-state index contributed by atoms with van der Waals surface area (Å²) in [4.78, 5) is 11.9. The largest absolute Gasteiger partial charge is 0.268 e. The van der Waals surface area contributed by atoms with Gasteiger partial charge >= 0.3 is 0 Å². The number of nitrogens with zero attached hydrogens (tertiary/aromatic N) is 1. The first kappa shape index (κ1) is 10.9. The van der Waals surface area contributed by atoms with Gasteiger partial charge in [0, 0.05) is 12.1 Å². The van der Waals surface area contributed by atoms with Gasteiger partial charge in [0.2, 0.25) is 0 Å². The number of hydrazine groups is 1. The van der Waals surface area contributed by atoms with E-state index in [-0.39, 0.29) is 11.9 Å². The van der Waals surface area contributed by atoms with E-state index in [4.69, 9.17) is 0 Å². The van der Waals surface area contributed by atoms with Crippen LogP contribution in [0.15, 0.2) is 42.5 Å². The van der Waals surface area contributed by atoms with Crippen molar-refractivity contribution in [1.82, 2.24) is 10.4 Å². The molecule has 1 heterocycles. The molecule has 1 aliphatic rings. The minimum absolute atomic E-state index is 0.00241. The van der Waals surface area contributed by atoms with Gasteiger partial charge in [-0.15, -0.1) is 0 Å². The van der Waals surface area contributed by atoms with Crippen LogP contribution in [0, 0.1) is 0 Å². The highest BCUT2D eigenvalue weighted by molar-refractivity contribution is 5.93. The predicted molar refractivity (Wildman–Crippen MR) is 63.5 cm³/mol. The van der Waals surface area contributed by atoms with Gasteiger partial charge in [-0.1, -0.05) is 36.9 Å². The molecule has 3 nitrogen and oxygen atoms in total. The zero-order valence-electron chi connectivity index (χ0n) is 9.44. The topological polar surface area (TPSA) is 32.3 Å². The van der Waals surface area contributed by atoms with Crippen molar-refractivity contribution in [3.05, 3.63) is 48.0 Å². The SMILES string of the molecule is C=C1CCNN(C(C)c2ccccc2)C1=O. The summed E-state index contributed by atoms with van der Waals surface area (Å²) in [7, 11) is 0. The fourth-order valence-electron chi connectivity index (χ4n) is 1.87. The van der Waals surface area contributed by atoms with Crippen LogP contribution in [-0.2, 0) is 4.79 Å². The van der Waals surface area contributed by atoms with E-state index in [2.05, 4.69) is 12.0 Å². The molecule has 1 fully saturated rings. The molecule has 2 rings (SSSR count). The van der Waals surface area contributed by atoms with Gasteiger partial charge in [-0.2, -0.15) is 0 Å². The lowest BCUT2D eigenvalue weighted by atomic mass is 10.1. The van der Waals surface area contributed by atoms with Crippen LogP contribution in [0.3, 0.4) is 0 Å². The summed E-state index contributed by atoms with van der Waals surface area (Å²) in [5, 5.41) is 1.67. The summed E-state index contributed by atoms with van der Waals surface area (Å²) in [6, 6.07) is 10.0. The Morgan fingerprint density at radius 2 is 2.06 bits per heavy atom. The van der Waals surface area contributed by atoms with E-state index in [9.17, 15) is 4.79 Å². The quantitative estimate of drug-likeness (QED) is 0.767. The van der Waals surface area contributed by atoms with E-state index >= 15 is 0 Å². The first-order valence-corrected chi connectivity index (χ1v) is 5.50. The average molecular weight is 216 g/mol. The molecule has 1 aliphatic heterocycles. The number of benzene rings is 1. The molecule has 1 saturated heterocycles. The molecule has 0 radical (unpaired) electrons. The van der Waals surface area contributed by atoms with Crippen molar-refractivity contribution in [2.24, 2.45) is 0 Å². The number of amides is 1. The lowest BCUT2D eigenvalue weighted by molar-refractivity contribution is -0.134. The summed E-state index contributed by atoms with van der Waals surface area (Å²) in [6.07, 6.45) is 0.733. The molecule has 1 aromatic rings. The highest BCUT2D eigenvalue weighted by Gasteiger charge is 2.26. The summed E-state index contributed by atoms with van der Waals surface area (Å²) >= 11 is 0. The molecular weight excluding hydrogens is 200 g/mol. The Hall–Kier alpha value is -1.61. The van der Waals surface area contributed by atoms with Gasteiger partial charge in [0.05, 0.1) is 6.04 Å². The Bertz CT molecular complexity index is 400. The molecule has 0 aliphatic carbocycles. The minimum atomic E-state index is 0.00241. The summed E-state index contributed by atoms with van der Waals surface area (Å²) in [6.45, 7) is 6.58. The first-order valence-electron chi connectivity index (χ1n) is 5.50. The maximum absolute atomic E-state index is 11.9. The van der Waals surface area contributed by atoms with Gasteiger partial charge in [-0.3, -0.25) is 9.80 Å². The van der Waals surface area contributed by atoms with E-state index in [0.29, 0.717) is 5.57 Å². The van der Waals surface area contributed by atoms with Gasteiger partial charge in [0.1, 0.15) is 0 Å². The van der Waals surface area contributed by atoms with Crippen LogP contribution in [0.1, 0.15) is 24.9 Å². The normalized spacial score (nSPS) is 18.7. The van der Waals surface area contributed by atoms with Crippen LogP contribution in [-0.4, -0.2) is 17.5 Å². The van der Waals surface area contributed by atoms with E-state index in [1.54, 1.807) is 5.01 Å². The molecule has 0 saturated carbocycles. The summed E-state index contributed by atoms with van der Waals surface area (Å²) in [5.41, 5.74) is 4.93. The third-order valence-electron chi connectivity index (χ3n) is 2.90. The van der Waals surface area contributed by atoms with Crippen molar-refractivity contribution in [2.45, 2.75) is 19.4 Å². The fraction of sp³-hybridized carbons (Fsp3) is 0.308. The number of hydrogen-bond acceptors (Lipinski definition) is 2. The Kier molecular flexibility index (Phi) is 3.06. The van der Waals surface area contributed by atoms with Crippen LogP contribution in [0.5, 0.6) is 0 Å². The minimum Gasteiger partial charge on any atom is -0.268 e. The molecule has 1 unspecified atom stereocenters. The lowest BCUT2D eigenvalue weighted by Crippen LogP contribution is -2.49. The van der Waals surface area contributed by atoms with Crippen molar-refractivity contribution >= 4 is 5.91 Å². The first-order chi connectivity index (χ1) is 7.70. The Labute approximate surface area is 95.7 Å². The van der Waals surface area contributed by atoms with E-state index in [0.717, 1.165) is 18.5 Å². The number of hydrogen-bond donors (Lipinski definition) is 1. The highest BCUT2D eigenvalue weighted by Crippen LogP contribution is 2.22. The Morgan fingerprint density at radius 1 is 1.38 bits per heavy atom. The number of rotatable bonds is 2. The Balaban J connectivity index is 2.18. The molecule has 16 heavy (non-hydrogen) atoms. The lowest BCUT2D eigenvalue weighted by Gasteiger charge is -2.34. The zero-order chi connectivity index (χ0) is 11.5. The van der Waals surface area contributed by atoms with Gasteiger partial charge in [-0.25, -0.2) is 5.43 Å². The molecular formula is C13H16N2O. The van der Waals surface area contributed by atoms with E-state index < -0.39 is 0 Å². The van der Waals surface area contributed by atoms with Crippen molar-refractivity contribution in [3.8, 4) is 0 Å². The second-order valence-corrected chi connectivity index (χ2v) is 4.02. The van der Waals surface area contributed by atoms with Crippen molar-refractivity contribution in [2.75, 3.05) is 6.54 Å². The van der Waals surface area contributed by atoms with Crippen molar-refractivity contribution < 1.29 is 4.79 Å². The molecule has 0 spiro atoms. The average Bonchev–Trinajstić information content (AvgIpc) is 2.33. The van der Waals surface area contributed by atoms with Crippen LogP contribution in [0.2, 0.25) is 0 Å². The number of nitrogens with one attached hydrogen (secondary N) is 1. The molecule has 0 aromatic heterocycles. The van der Waals surface area contributed by atoms with Gasteiger partial charge in [0.25, 0.3) is 5.91 Å². The van der Waals surface area contributed by atoms with Crippen LogP contribution in [0.25, 0.3) is 0 Å². The van der Waals surface area contributed by atoms with Gasteiger partial charge in [0.15, 0.2) is 0 Å². The molecule has 1 N–H and O–H groups in total. The standard InChI is InChI=1S/C13H16N2O/c1-10-8-9-14-15(13(10)16)11(2)12-6-4-3-5-7-12/h3-7,11,14H,1,8-9H2,2H3. The van der Waals surface area contributed by atoms with E-state index in [1.807, 2.05) is 37.3 Å². The maximum atomic E-state index is 11.9. The molecule has 3 heteroatoms.